The van der Waals surface area contributed by atoms with Gasteiger partial charge in [0.2, 0.25) is 11.9 Å². The zero-order valence-corrected chi connectivity index (χ0v) is 22.5. The van der Waals surface area contributed by atoms with E-state index >= 15 is 0 Å². The lowest BCUT2D eigenvalue weighted by molar-refractivity contribution is 0.144. The van der Waals surface area contributed by atoms with Crippen LogP contribution in [-0.2, 0) is 11.3 Å². The number of hydrogen-bond acceptors (Lipinski definition) is 10. The molecule has 0 atom stereocenters. The Kier molecular flexibility index (Phi) is 9.49. The van der Waals surface area contributed by atoms with Crippen molar-refractivity contribution in [1.82, 2.24) is 25.3 Å². The van der Waals surface area contributed by atoms with Gasteiger partial charge in [0.05, 0.1) is 25.1 Å². The van der Waals surface area contributed by atoms with Gasteiger partial charge in [0.25, 0.3) is 0 Å². The Balaban J connectivity index is 1.58. The number of ether oxygens (including phenoxy) is 2. The van der Waals surface area contributed by atoms with Crippen LogP contribution in [0.3, 0.4) is 0 Å². The molecule has 0 saturated carbocycles. The SMILES string of the molecule is CCCCOC(=O)NCCCCN(Cc1c(OCC)ccc2ccccc12)c1ncc2c(N)nc(N)nc2n1. The minimum Gasteiger partial charge on any atom is -0.494 e. The highest BCUT2D eigenvalue weighted by molar-refractivity contribution is 5.88. The lowest BCUT2D eigenvalue weighted by Crippen LogP contribution is -2.29. The maximum absolute atomic E-state index is 11.9. The number of nitrogens with zero attached hydrogens (tertiary/aromatic N) is 5. The first-order valence-corrected chi connectivity index (χ1v) is 13.3. The summed E-state index contributed by atoms with van der Waals surface area (Å²) in [6.45, 7) is 6.65. The molecule has 0 spiro atoms. The molecule has 1 amide bonds. The van der Waals surface area contributed by atoms with Crippen molar-refractivity contribution >= 4 is 45.6 Å². The predicted octanol–water partition coefficient (Wildman–Crippen LogP) is 4.45. The van der Waals surface area contributed by atoms with E-state index in [1.807, 2.05) is 25.1 Å². The third kappa shape index (κ3) is 7.13. The van der Waals surface area contributed by atoms with E-state index in [0.717, 1.165) is 47.8 Å². The van der Waals surface area contributed by atoms with Crippen LogP contribution < -0.4 is 26.4 Å². The molecule has 2 aromatic carbocycles. The fraction of sp³-hybridized carbons (Fsp3) is 0.393. The van der Waals surface area contributed by atoms with Gasteiger partial charge in [-0.15, -0.1) is 0 Å². The summed E-state index contributed by atoms with van der Waals surface area (Å²) >= 11 is 0. The highest BCUT2D eigenvalue weighted by Crippen LogP contribution is 2.31. The van der Waals surface area contributed by atoms with Gasteiger partial charge in [0.15, 0.2) is 5.65 Å². The van der Waals surface area contributed by atoms with Gasteiger partial charge in [-0.1, -0.05) is 43.7 Å². The van der Waals surface area contributed by atoms with Crippen LogP contribution in [0.4, 0.5) is 22.5 Å². The van der Waals surface area contributed by atoms with Crippen LogP contribution >= 0.6 is 0 Å². The van der Waals surface area contributed by atoms with Gasteiger partial charge in [-0.05, 0) is 43.0 Å². The molecule has 4 rings (SSSR count). The summed E-state index contributed by atoms with van der Waals surface area (Å²) in [6.07, 6.45) is 4.61. The van der Waals surface area contributed by atoms with Crippen molar-refractivity contribution in [3.8, 4) is 5.75 Å². The van der Waals surface area contributed by atoms with E-state index in [9.17, 15) is 4.79 Å². The van der Waals surface area contributed by atoms with E-state index in [1.54, 1.807) is 6.20 Å². The molecule has 0 aliphatic rings. The van der Waals surface area contributed by atoms with Gasteiger partial charge in [-0.2, -0.15) is 15.0 Å². The van der Waals surface area contributed by atoms with Gasteiger partial charge >= 0.3 is 6.09 Å². The molecular weight excluding hydrogens is 496 g/mol. The maximum Gasteiger partial charge on any atom is 0.407 e. The van der Waals surface area contributed by atoms with Crippen molar-refractivity contribution < 1.29 is 14.3 Å². The van der Waals surface area contributed by atoms with Gasteiger partial charge in [0.1, 0.15) is 11.6 Å². The Bertz CT molecular complexity index is 1410. The summed E-state index contributed by atoms with van der Waals surface area (Å²) in [7, 11) is 0. The topological polar surface area (TPSA) is 154 Å². The standard InChI is InChI=1S/C28H36N8O3/c1-3-5-16-39-28(37)31-14-8-9-15-36(27-32-17-21-24(29)33-26(30)34-25(21)35-27)18-22-20-11-7-6-10-19(20)12-13-23(22)38-4-2/h6-7,10-13,17H,3-5,8-9,14-16,18H2,1-2H3,(H,31,37)(H4,29,30,32,33,34,35). The average Bonchev–Trinajstić information content (AvgIpc) is 2.93. The molecular formula is C28H36N8O3. The summed E-state index contributed by atoms with van der Waals surface area (Å²) < 4.78 is 11.2. The molecule has 0 fully saturated rings. The number of aromatic nitrogens is 4. The number of hydrogen-bond donors (Lipinski definition) is 3. The zero-order valence-electron chi connectivity index (χ0n) is 22.5. The number of unbranched alkanes of at least 4 members (excludes halogenated alkanes) is 2. The first-order chi connectivity index (χ1) is 19.0. The molecule has 11 heteroatoms. The largest absolute Gasteiger partial charge is 0.494 e. The van der Waals surface area contributed by atoms with Gasteiger partial charge < -0.3 is 31.2 Å². The van der Waals surface area contributed by atoms with E-state index in [0.29, 0.717) is 49.8 Å². The van der Waals surface area contributed by atoms with Crippen molar-refractivity contribution in [2.24, 2.45) is 0 Å². The van der Waals surface area contributed by atoms with Crippen LogP contribution in [0.5, 0.6) is 5.75 Å². The fourth-order valence-electron chi connectivity index (χ4n) is 4.29. The number of nitrogens with one attached hydrogen (secondary N) is 1. The number of carbonyl (C=O) groups excluding carboxylic acids is 1. The summed E-state index contributed by atoms with van der Waals surface area (Å²) in [5.41, 5.74) is 13.3. The van der Waals surface area contributed by atoms with Crippen molar-refractivity contribution in [1.29, 1.82) is 0 Å². The average molecular weight is 533 g/mol. The number of amides is 1. The third-order valence-electron chi connectivity index (χ3n) is 6.27. The summed E-state index contributed by atoms with van der Waals surface area (Å²) in [6, 6.07) is 12.3. The molecule has 0 aliphatic carbocycles. The zero-order chi connectivity index (χ0) is 27.6. The van der Waals surface area contributed by atoms with Gasteiger partial charge in [-0.25, -0.2) is 9.78 Å². The minimum atomic E-state index is -0.384. The molecule has 11 nitrogen and oxygen atoms in total. The quantitative estimate of drug-likeness (QED) is 0.210. The van der Waals surface area contributed by atoms with E-state index < -0.39 is 0 Å². The van der Waals surface area contributed by atoms with Crippen LogP contribution in [0, 0.1) is 0 Å². The molecule has 0 aliphatic heterocycles. The van der Waals surface area contributed by atoms with Crippen LogP contribution in [0.25, 0.3) is 21.8 Å². The minimum absolute atomic E-state index is 0.0563. The van der Waals surface area contributed by atoms with Crippen molar-refractivity contribution in [3.05, 3.63) is 48.2 Å². The number of carbonyl (C=O) groups is 1. The number of nitrogen functional groups attached to an aromatic ring is 2. The molecule has 2 aromatic heterocycles. The lowest BCUT2D eigenvalue weighted by Gasteiger charge is -2.25. The smallest absolute Gasteiger partial charge is 0.407 e. The molecule has 39 heavy (non-hydrogen) atoms. The van der Waals surface area contributed by atoms with Crippen LogP contribution in [-0.4, -0.2) is 52.3 Å². The van der Waals surface area contributed by atoms with Crippen LogP contribution in [0.15, 0.2) is 42.6 Å². The number of benzene rings is 2. The third-order valence-corrected chi connectivity index (χ3v) is 6.27. The number of rotatable bonds is 13. The second kappa shape index (κ2) is 13.4. The van der Waals surface area contributed by atoms with Gasteiger partial charge in [-0.3, -0.25) is 0 Å². The van der Waals surface area contributed by atoms with E-state index in [4.69, 9.17) is 25.9 Å². The van der Waals surface area contributed by atoms with Crippen LogP contribution in [0.2, 0.25) is 0 Å². The Morgan fingerprint density at radius 1 is 1.00 bits per heavy atom. The Morgan fingerprint density at radius 3 is 2.67 bits per heavy atom. The molecule has 4 aromatic rings. The Labute approximate surface area is 227 Å². The van der Waals surface area contributed by atoms with Crippen molar-refractivity contribution in [2.45, 2.75) is 46.1 Å². The predicted molar refractivity (Wildman–Crippen MR) is 154 cm³/mol. The molecule has 206 valence electrons. The summed E-state index contributed by atoms with van der Waals surface area (Å²) in [4.78, 5) is 31.5. The number of fused-ring (bicyclic) bond motifs is 2. The highest BCUT2D eigenvalue weighted by Gasteiger charge is 2.18. The Morgan fingerprint density at radius 2 is 1.85 bits per heavy atom. The fourth-order valence-corrected chi connectivity index (χ4v) is 4.29. The molecule has 0 radical (unpaired) electrons. The Hall–Kier alpha value is -4.41. The lowest BCUT2D eigenvalue weighted by atomic mass is 10.0. The first kappa shape index (κ1) is 27.6. The van der Waals surface area contributed by atoms with Crippen LogP contribution in [0.1, 0.15) is 45.1 Å². The normalized spacial score (nSPS) is 11.0. The monoisotopic (exact) mass is 532 g/mol. The molecule has 0 saturated heterocycles. The molecule has 2 heterocycles. The molecule has 0 bridgehead atoms. The van der Waals surface area contributed by atoms with E-state index in [-0.39, 0.29) is 17.9 Å². The molecule has 5 N–H and O–H groups in total. The number of nitrogens with two attached hydrogens (primary N) is 2. The second-order valence-corrected chi connectivity index (χ2v) is 9.12. The maximum atomic E-state index is 11.9. The first-order valence-electron chi connectivity index (χ1n) is 13.3. The van der Waals surface area contributed by atoms with E-state index in [1.165, 1.54) is 0 Å². The number of anilines is 3. The van der Waals surface area contributed by atoms with Gasteiger partial charge in [0, 0.05) is 24.8 Å². The summed E-state index contributed by atoms with van der Waals surface area (Å²) in [5.74, 6) is 1.59. The second-order valence-electron chi connectivity index (χ2n) is 9.12. The highest BCUT2D eigenvalue weighted by atomic mass is 16.5. The van der Waals surface area contributed by atoms with Crippen molar-refractivity contribution in [3.63, 3.8) is 0 Å². The van der Waals surface area contributed by atoms with E-state index in [2.05, 4.69) is 50.3 Å². The summed E-state index contributed by atoms with van der Waals surface area (Å²) in [5, 5.41) is 5.57. The number of alkyl carbamates (subject to hydrolysis) is 1. The molecule has 0 unspecified atom stereocenters. The van der Waals surface area contributed by atoms with Crippen molar-refractivity contribution in [2.75, 3.05) is 42.7 Å².